The van der Waals surface area contributed by atoms with E-state index >= 15 is 0 Å². The molecule has 0 bridgehead atoms. The molecule has 0 aromatic carbocycles. The van der Waals surface area contributed by atoms with Gasteiger partial charge in [0, 0.05) is 31.3 Å². The normalized spacial score (nSPS) is 34.4. The highest BCUT2D eigenvalue weighted by molar-refractivity contribution is 5.10. The minimum Gasteiger partial charge on any atom is -0.391 e. The van der Waals surface area contributed by atoms with Gasteiger partial charge in [0.1, 0.15) is 0 Å². The zero-order valence-electron chi connectivity index (χ0n) is 7.21. The fourth-order valence-electron chi connectivity index (χ4n) is 1.49. The number of aliphatic hydroxyl groups is 1. The maximum atomic E-state index is 9.44. The van der Waals surface area contributed by atoms with Crippen molar-refractivity contribution in [1.82, 2.24) is 5.32 Å². The molecule has 1 heterocycles. The molecule has 0 radical (unpaired) electrons. The third kappa shape index (κ3) is 2.00. The number of aliphatic hydroxyl groups excluding tert-OH is 1. The summed E-state index contributed by atoms with van der Waals surface area (Å²) < 4.78 is 0. The maximum Gasteiger partial charge on any atom is 0.0713 e. The summed E-state index contributed by atoms with van der Waals surface area (Å²) in [7, 11) is 0. The van der Waals surface area contributed by atoms with Gasteiger partial charge in [-0.25, -0.2) is 0 Å². The predicted molar refractivity (Wildman–Crippen MR) is 47.5 cm³/mol. The van der Waals surface area contributed by atoms with Gasteiger partial charge in [-0.1, -0.05) is 5.92 Å². The Bertz CT molecular complexity index is 212. The Morgan fingerprint density at radius 1 is 1.33 bits per heavy atom. The number of hydrogen-bond donors (Lipinski definition) is 2. The van der Waals surface area contributed by atoms with Gasteiger partial charge in [0.25, 0.3) is 0 Å². The van der Waals surface area contributed by atoms with Crippen LogP contribution in [-0.2, 0) is 0 Å². The number of nitrogens with one attached hydrogen (secondary N) is 1. The van der Waals surface area contributed by atoms with Crippen LogP contribution in [-0.4, -0.2) is 24.3 Å². The second kappa shape index (κ2) is 3.47. The number of β-amino-alcohol motifs (C(OH)–C–C–N with tert-alkyl or cyclic N) is 1. The van der Waals surface area contributed by atoms with E-state index in [9.17, 15) is 5.11 Å². The number of rotatable bonds is 1. The lowest BCUT2D eigenvalue weighted by Gasteiger charge is -2.07. The van der Waals surface area contributed by atoms with Crippen molar-refractivity contribution < 1.29 is 5.11 Å². The molecular weight excluding hydrogens is 150 g/mol. The Morgan fingerprint density at radius 2 is 2.17 bits per heavy atom. The van der Waals surface area contributed by atoms with Crippen molar-refractivity contribution in [2.45, 2.75) is 25.4 Å². The molecule has 2 rings (SSSR count). The molecule has 0 aromatic heterocycles. The summed E-state index contributed by atoms with van der Waals surface area (Å²) in [6.45, 7) is 1.68. The van der Waals surface area contributed by atoms with Crippen LogP contribution in [0, 0.1) is 23.7 Å². The topological polar surface area (TPSA) is 32.3 Å². The summed E-state index contributed by atoms with van der Waals surface area (Å²) in [5.74, 6) is 7.45. The van der Waals surface area contributed by atoms with Crippen LogP contribution in [0.5, 0.6) is 0 Å². The van der Waals surface area contributed by atoms with Gasteiger partial charge in [0.05, 0.1) is 6.10 Å². The lowest BCUT2D eigenvalue weighted by molar-refractivity contribution is 0.150. The first kappa shape index (κ1) is 8.10. The summed E-state index contributed by atoms with van der Waals surface area (Å²) in [4.78, 5) is 0. The smallest absolute Gasteiger partial charge is 0.0713 e. The van der Waals surface area contributed by atoms with Crippen LogP contribution in [0.1, 0.15) is 19.3 Å². The van der Waals surface area contributed by atoms with Crippen LogP contribution in [0.15, 0.2) is 0 Å². The Hall–Kier alpha value is -0.520. The van der Waals surface area contributed by atoms with E-state index in [-0.39, 0.29) is 6.10 Å². The molecule has 2 fully saturated rings. The highest BCUT2D eigenvalue weighted by Gasteiger charge is 2.24. The highest BCUT2D eigenvalue weighted by Crippen LogP contribution is 2.27. The van der Waals surface area contributed by atoms with E-state index in [1.165, 1.54) is 12.8 Å². The van der Waals surface area contributed by atoms with Crippen molar-refractivity contribution in [2.24, 2.45) is 11.8 Å². The van der Waals surface area contributed by atoms with Crippen molar-refractivity contribution in [1.29, 1.82) is 0 Å². The average Bonchev–Trinajstić information content (AvgIpc) is 2.78. The lowest BCUT2D eigenvalue weighted by Crippen LogP contribution is -2.17. The Morgan fingerprint density at radius 3 is 2.75 bits per heavy atom. The van der Waals surface area contributed by atoms with Crippen LogP contribution in [0.2, 0.25) is 0 Å². The van der Waals surface area contributed by atoms with E-state index in [0.29, 0.717) is 11.8 Å². The van der Waals surface area contributed by atoms with Crippen molar-refractivity contribution in [2.75, 3.05) is 13.1 Å². The first-order chi connectivity index (χ1) is 5.86. The van der Waals surface area contributed by atoms with E-state index < -0.39 is 0 Å². The molecule has 1 aliphatic carbocycles. The van der Waals surface area contributed by atoms with E-state index in [4.69, 9.17) is 0 Å². The van der Waals surface area contributed by atoms with Crippen LogP contribution < -0.4 is 5.32 Å². The molecule has 2 aliphatic rings. The van der Waals surface area contributed by atoms with Gasteiger partial charge in [-0.3, -0.25) is 0 Å². The van der Waals surface area contributed by atoms with Gasteiger partial charge >= 0.3 is 0 Å². The van der Waals surface area contributed by atoms with Gasteiger partial charge in [-0.05, 0) is 12.8 Å². The summed E-state index contributed by atoms with van der Waals surface area (Å²) >= 11 is 0. The van der Waals surface area contributed by atoms with E-state index in [0.717, 1.165) is 19.5 Å². The van der Waals surface area contributed by atoms with Crippen molar-refractivity contribution >= 4 is 0 Å². The molecule has 2 heteroatoms. The Balaban J connectivity index is 1.75. The fourth-order valence-corrected chi connectivity index (χ4v) is 1.49. The van der Waals surface area contributed by atoms with Crippen LogP contribution in [0.25, 0.3) is 0 Å². The molecule has 2 N–H and O–H groups in total. The van der Waals surface area contributed by atoms with Crippen LogP contribution in [0.4, 0.5) is 0 Å². The van der Waals surface area contributed by atoms with Crippen molar-refractivity contribution in [3.05, 3.63) is 0 Å². The second-order valence-corrected chi connectivity index (χ2v) is 3.79. The molecular formula is C10H15NO. The molecule has 12 heavy (non-hydrogen) atoms. The first-order valence-electron chi connectivity index (χ1n) is 4.73. The van der Waals surface area contributed by atoms with Crippen LogP contribution >= 0.6 is 0 Å². The van der Waals surface area contributed by atoms with E-state index in [1.807, 2.05) is 0 Å². The van der Waals surface area contributed by atoms with Gasteiger partial charge in [-0.15, -0.1) is 5.92 Å². The summed E-state index contributed by atoms with van der Waals surface area (Å²) in [5, 5.41) is 12.6. The quantitative estimate of drug-likeness (QED) is 0.550. The molecule has 1 saturated carbocycles. The third-order valence-electron chi connectivity index (χ3n) is 2.55. The largest absolute Gasteiger partial charge is 0.391 e. The summed E-state index contributed by atoms with van der Waals surface area (Å²) in [6.07, 6.45) is 3.28. The monoisotopic (exact) mass is 165 g/mol. The Kier molecular flexibility index (Phi) is 2.34. The minimum absolute atomic E-state index is 0.168. The fraction of sp³-hybridized carbons (Fsp3) is 0.800. The second-order valence-electron chi connectivity index (χ2n) is 3.79. The molecule has 0 amide bonds. The standard InChI is InChI=1S/C10H15NO/c12-10-7-11-6-9(10)3-1-2-8-4-5-8/h8-12H,3-7H2. The highest BCUT2D eigenvalue weighted by atomic mass is 16.3. The summed E-state index contributed by atoms with van der Waals surface area (Å²) in [6, 6.07) is 0. The molecule has 2 nitrogen and oxygen atoms in total. The SMILES string of the molecule is OC1CNCC1CC#CC1CC1. The van der Waals surface area contributed by atoms with Gasteiger partial charge < -0.3 is 10.4 Å². The van der Waals surface area contributed by atoms with Crippen molar-refractivity contribution in [3.8, 4) is 11.8 Å². The third-order valence-corrected chi connectivity index (χ3v) is 2.55. The van der Waals surface area contributed by atoms with Crippen molar-refractivity contribution in [3.63, 3.8) is 0 Å². The molecule has 1 saturated heterocycles. The van der Waals surface area contributed by atoms with Gasteiger partial charge in [0.15, 0.2) is 0 Å². The predicted octanol–water partition coefficient (Wildman–Crippen LogP) is 0.370. The van der Waals surface area contributed by atoms with Crippen LogP contribution in [0.3, 0.4) is 0 Å². The molecule has 0 aromatic rings. The zero-order chi connectivity index (χ0) is 8.39. The lowest BCUT2D eigenvalue weighted by atomic mass is 10.0. The maximum absolute atomic E-state index is 9.44. The first-order valence-corrected chi connectivity index (χ1v) is 4.73. The number of hydrogen-bond acceptors (Lipinski definition) is 2. The molecule has 66 valence electrons. The van der Waals surface area contributed by atoms with E-state index in [1.54, 1.807) is 0 Å². The molecule has 1 aliphatic heterocycles. The van der Waals surface area contributed by atoms with Gasteiger partial charge in [-0.2, -0.15) is 0 Å². The Labute approximate surface area is 73.4 Å². The molecule has 2 atom stereocenters. The summed E-state index contributed by atoms with van der Waals surface area (Å²) in [5.41, 5.74) is 0. The van der Waals surface area contributed by atoms with Gasteiger partial charge in [0.2, 0.25) is 0 Å². The molecule has 0 spiro atoms. The zero-order valence-corrected chi connectivity index (χ0v) is 7.21. The average molecular weight is 165 g/mol. The van der Waals surface area contributed by atoms with E-state index in [2.05, 4.69) is 17.2 Å². The minimum atomic E-state index is -0.168. The molecule has 2 unspecified atom stereocenters.